The molecule has 0 bridgehead atoms. The second-order valence-electron chi connectivity index (χ2n) is 10.7. The molecule has 4 rings (SSSR count). The van der Waals surface area contributed by atoms with Gasteiger partial charge in [0.25, 0.3) is 5.91 Å². The van der Waals surface area contributed by atoms with Crippen LogP contribution in [0.2, 0.25) is 0 Å². The van der Waals surface area contributed by atoms with Crippen LogP contribution in [0.1, 0.15) is 61.5 Å². The Morgan fingerprint density at radius 2 is 1.37 bits per heavy atom. The van der Waals surface area contributed by atoms with Crippen molar-refractivity contribution < 1.29 is 23.8 Å². The Balaban J connectivity index is 1.52. The van der Waals surface area contributed by atoms with Crippen molar-refractivity contribution in [1.29, 1.82) is 10.5 Å². The molecule has 9 nitrogen and oxygen atoms in total. The fourth-order valence-electron chi connectivity index (χ4n) is 4.04. The molecule has 0 saturated heterocycles. The number of benzene rings is 3. The smallest absolute Gasteiger partial charge is 0.407 e. The van der Waals surface area contributed by atoms with Crippen LogP contribution in [-0.4, -0.2) is 41.6 Å². The van der Waals surface area contributed by atoms with Gasteiger partial charge in [-0.3, -0.25) is 4.79 Å². The average molecular weight is 553 g/mol. The van der Waals surface area contributed by atoms with Crippen molar-refractivity contribution in [1.82, 2.24) is 10.2 Å². The van der Waals surface area contributed by atoms with Crippen molar-refractivity contribution >= 4 is 12.0 Å². The molecule has 0 radical (unpaired) electrons. The van der Waals surface area contributed by atoms with E-state index in [9.17, 15) is 9.59 Å². The van der Waals surface area contributed by atoms with Gasteiger partial charge in [-0.2, -0.15) is 10.5 Å². The van der Waals surface area contributed by atoms with E-state index in [0.29, 0.717) is 59.2 Å². The highest BCUT2D eigenvalue weighted by Gasteiger charge is 2.33. The molecule has 0 heterocycles. The van der Waals surface area contributed by atoms with Gasteiger partial charge in [0.15, 0.2) is 0 Å². The van der Waals surface area contributed by atoms with Crippen molar-refractivity contribution in [3.63, 3.8) is 0 Å². The summed E-state index contributed by atoms with van der Waals surface area (Å²) in [6, 6.07) is 22.6. The first-order valence-electron chi connectivity index (χ1n) is 13.4. The summed E-state index contributed by atoms with van der Waals surface area (Å²) in [6.45, 7) is 6.25. The molecular formula is C32H32N4O5. The summed E-state index contributed by atoms with van der Waals surface area (Å²) in [5.74, 6) is 1.63. The summed E-state index contributed by atoms with van der Waals surface area (Å²) in [7, 11) is 0. The number of carbonyl (C=O) groups excluding carboxylic acids is 2. The van der Waals surface area contributed by atoms with Crippen LogP contribution in [0.15, 0.2) is 66.7 Å². The highest BCUT2D eigenvalue weighted by molar-refractivity contribution is 5.95. The van der Waals surface area contributed by atoms with E-state index in [2.05, 4.69) is 17.5 Å². The quantitative estimate of drug-likeness (QED) is 0.283. The summed E-state index contributed by atoms with van der Waals surface area (Å²) in [5, 5.41) is 20.9. The number of amides is 2. The Hall–Kier alpha value is -5.02. The molecule has 0 aliphatic heterocycles. The molecule has 1 N–H and O–H groups in total. The van der Waals surface area contributed by atoms with Crippen LogP contribution in [0.4, 0.5) is 4.79 Å². The van der Waals surface area contributed by atoms with Gasteiger partial charge >= 0.3 is 6.09 Å². The molecule has 3 aromatic rings. The second kappa shape index (κ2) is 12.9. The van der Waals surface area contributed by atoms with Gasteiger partial charge < -0.3 is 24.4 Å². The lowest BCUT2D eigenvalue weighted by Gasteiger charge is -2.24. The fraction of sp³-hybridized carbons (Fsp3) is 0.312. The normalized spacial score (nSPS) is 12.4. The van der Waals surface area contributed by atoms with E-state index in [1.807, 2.05) is 4.90 Å². The molecule has 1 fully saturated rings. The number of nitrogens with zero attached hydrogens (tertiary/aromatic N) is 3. The van der Waals surface area contributed by atoms with Crippen molar-refractivity contribution in [2.24, 2.45) is 0 Å². The number of hydrogen-bond donors (Lipinski definition) is 1. The van der Waals surface area contributed by atoms with Crippen LogP contribution in [0.5, 0.6) is 23.0 Å². The van der Waals surface area contributed by atoms with E-state index >= 15 is 0 Å². The summed E-state index contributed by atoms with van der Waals surface area (Å²) in [6.07, 6.45) is 1.92. The second-order valence-corrected chi connectivity index (χ2v) is 10.7. The maximum absolute atomic E-state index is 13.7. The molecule has 1 aliphatic rings. The first kappa shape index (κ1) is 29.0. The minimum Gasteiger partial charge on any atom is -0.457 e. The molecule has 0 unspecified atom stereocenters. The highest BCUT2D eigenvalue weighted by atomic mass is 16.6. The largest absolute Gasteiger partial charge is 0.457 e. The topological polar surface area (TPSA) is 125 Å². The van der Waals surface area contributed by atoms with E-state index in [1.54, 1.807) is 87.5 Å². The molecule has 0 atom stereocenters. The minimum atomic E-state index is -0.581. The zero-order chi connectivity index (χ0) is 29.4. The average Bonchev–Trinajstić information content (AvgIpc) is 3.78. The van der Waals surface area contributed by atoms with Gasteiger partial charge in [0.05, 0.1) is 23.3 Å². The minimum absolute atomic E-state index is 0.134. The lowest BCUT2D eigenvalue weighted by atomic mass is 10.1. The monoisotopic (exact) mass is 552 g/mol. The third kappa shape index (κ3) is 8.74. The Labute approximate surface area is 239 Å². The van der Waals surface area contributed by atoms with Gasteiger partial charge in [-0.15, -0.1) is 0 Å². The van der Waals surface area contributed by atoms with Crippen molar-refractivity contribution in [2.45, 2.75) is 51.7 Å². The molecule has 41 heavy (non-hydrogen) atoms. The Bertz CT molecular complexity index is 1380. The zero-order valence-corrected chi connectivity index (χ0v) is 23.3. The van der Waals surface area contributed by atoms with Gasteiger partial charge in [-0.1, -0.05) is 0 Å². The number of carbonyl (C=O) groups is 2. The third-order valence-electron chi connectivity index (χ3n) is 6.06. The molecule has 210 valence electrons. The van der Waals surface area contributed by atoms with Crippen LogP contribution >= 0.6 is 0 Å². The van der Waals surface area contributed by atoms with Gasteiger partial charge in [0.1, 0.15) is 28.6 Å². The van der Waals surface area contributed by atoms with Crippen molar-refractivity contribution in [3.05, 3.63) is 83.4 Å². The zero-order valence-electron chi connectivity index (χ0n) is 23.3. The molecule has 9 heteroatoms. The SMILES string of the molecule is CC(C)(C)OC(=O)NCCCN(C(=O)c1cc(Oc2ccc(C#N)cc2)cc(Oc2ccc(C#N)cc2)c1)C1CC1. The van der Waals surface area contributed by atoms with Crippen LogP contribution in [-0.2, 0) is 4.74 Å². The van der Waals surface area contributed by atoms with Gasteiger partial charge in [0.2, 0.25) is 0 Å². The van der Waals surface area contributed by atoms with Crippen LogP contribution in [0.3, 0.4) is 0 Å². The number of rotatable bonds is 10. The number of nitriles is 2. The van der Waals surface area contributed by atoms with Crippen LogP contribution in [0, 0.1) is 22.7 Å². The van der Waals surface area contributed by atoms with E-state index < -0.39 is 11.7 Å². The summed E-state index contributed by atoms with van der Waals surface area (Å²) in [5.41, 5.74) is 0.828. The predicted octanol–water partition coefficient (Wildman–Crippen LogP) is 6.53. The van der Waals surface area contributed by atoms with Crippen LogP contribution in [0.25, 0.3) is 0 Å². The fourth-order valence-corrected chi connectivity index (χ4v) is 4.04. The van der Waals surface area contributed by atoms with E-state index in [4.69, 9.17) is 24.7 Å². The van der Waals surface area contributed by atoms with Gasteiger partial charge in [-0.25, -0.2) is 4.79 Å². The summed E-state index contributed by atoms with van der Waals surface area (Å²) in [4.78, 5) is 27.5. The lowest BCUT2D eigenvalue weighted by molar-refractivity contribution is 0.0525. The number of alkyl carbamates (subject to hydrolysis) is 1. The summed E-state index contributed by atoms with van der Waals surface area (Å²) >= 11 is 0. The predicted molar refractivity (Wildman–Crippen MR) is 152 cm³/mol. The van der Waals surface area contributed by atoms with Gasteiger partial charge in [0, 0.05) is 30.8 Å². The first-order chi connectivity index (χ1) is 19.6. The van der Waals surface area contributed by atoms with Gasteiger partial charge in [-0.05, 0) is 101 Å². The van der Waals surface area contributed by atoms with E-state index in [1.165, 1.54) is 0 Å². The molecule has 1 aliphatic carbocycles. The number of hydrogen-bond acceptors (Lipinski definition) is 7. The van der Waals surface area contributed by atoms with E-state index in [0.717, 1.165) is 12.8 Å². The maximum Gasteiger partial charge on any atom is 0.407 e. The lowest BCUT2D eigenvalue weighted by Crippen LogP contribution is -2.37. The van der Waals surface area contributed by atoms with Crippen molar-refractivity contribution in [2.75, 3.05) is 13.1 Å². The molecule has 1 saturated carbocycles. The molecule has 0 spiro atoms. The Morgan fingerprint density at radius 1 is 0.854 bits per heavy atom. The van der Waals surface area contributed by atoms with Crippen molar-refractivity contribution in [3.8, 4) is 35.1 Å². The highest BCUT2D eigenvalue weighted by Crippen LogP contribution is 2.33. The number of nitrogens with one attached hydrogen (secondary N) is 1. The van der Waals surface area contributed by atoms with E-state index in [-0.39, 0.29) is 11.9 Å². The maximum atomic E-state index is 13.7. The molecule has 3 aromatic carbocycles. The molecule has 0 aromatic heterocycles. The molecule has 2 amide bonds. The molecular weight excluding hydrogens is 520 g/mol. The third-order valence-corrected chi connectivity index (χ3v) is 6.06. The Morgan fingerprint density at radius 3 is 1.80 bits per heavy atom. The standard InChI is InChI=1S/C32H32N4O5/c1-32(2,3)41-31(38)35-15-4-16-36(25-9-10-25)30(37)24-17-28(39-26-11-5-22(20-33)6-12-26)19-29(18-24)40-27-13-7-23(21-34)8-14-27/h5-8,11-14,17-19,25H,4,9-10,15-16H2,1-3H3,(H,35,38). The van der Waals surface area contributed by atoms with Crippen LogP contribution < -0.4 is 14.8 Å². The summed E-state index contributed by atoms with van der Waals surface area (Å²) < 4.78 is 17.4. The first-order valence-corrected chi connectivity index (χ1v) is 13.4. The number of ether oxygens (including phenoxy) is 3. The Kier molecular flexibility index (Phi) is 9.11.